The molecule has 7 nitrogen and oxygen atoms in total. The average molecular weight is 382 g/mol. The van der Waals surface area contributed by atoms with Crippen LogP contribution in [0.15, 0.2) is 48.5 Å². The van der Waals surface area contributed by atoms with E-state index in [-0.39, 0.29) is 24.3 Å². The third-order valence-corrected chi connectivity index (χ3v) is 3.88. The van der Waals surface area contributed by atoms with Gasteiger partial charge in [0, 0.05) is 35.6 Å². The molecule has 0 saturated heterocycles. The summed E-state index contributed by atoms with van der Waals surface area (Å²) in [5.41, 5.74) is 2.37. The SMILES string of the molecule is CCCNC(=O)c1ccc(NC(=O)CNc2cccc(C(=O)NCC)c2)cc1. The topological polar surface area (TPSA) is 99.3 Å². The smallest absolute Gasteiger partial charge is 0.251 e. The Hall–Kier alpha value is -3.35. The first-order chi connectivity index (χ1) is 13.5. The van der Waals surface area contributed by atoms with E-state index in [9.17, 15) is 14.4 Å². The number of rotatable bonds is 9. The lowest BCUT2D eigenvalue weighted by atomic mass is 10.2. The number of hydrogen-bond acceptors (Lipinski definition) is 4. The Labute approximate surface area is 164 Å². The van der Waals surface area contributed by atoms with Crippen LogP contribution in [0.5, 0.6) is 0 Å². The molecule has 0 unspecified atom stereocenters. The highest BCUT2D eigenvalue weighted by molar-refractivity contribution is 5.97. The summed E-state index contributed by atoms with van der Waals surface area (Å²) in [5.74, 6) is -0.515. The molecule has 3 amide bonds. The molecule has 2 aromatic rings. The fourth-order valence-corrected chi connectivity index (χ4v) is 2.47. The molecule has 0 radical (unpaired) electrons. The van der Waals surface area contributed by atoms with Crippen LogP contribution >= 0.6 is 0 Å². The number of anilines is 2. The summed E-state index contributed by atoms with van der Waals surface area (Å²) >= 11 is 0. The molecule has 4 N–H and O–H groups in total. The molecule has 2 rings (SSSR count). The highest BCUT2D eigenvalue weighted by Gasteiger charge is 2.08. The van der Waals surface area contributed by atoms with Gasteiger partial charge in [0.25, 0.3) is 11.8 Å². The molecule has 0 saturated carbocycles. The van der Waals surface area contributed by atoms with Gasteiger partial charge in [0.15, 0.2) is 0 Å². The fourth-order valence-electron chi connectivity index (χ4n) is 2.47. The molecule has 2 aromatic carbocycles. The summed E-state index contributed by atoms with van der Waals surface area (Å²) in [6, 6.07) is 13.7. The number of nitrogens with one attached hydrogen (secondary N) is 4. The number of carbonyl (C=O) groups is 3. The molecule has 0 aromatic heterocycles. The zero-order valence-electron chi connectivity index (χ0n) is 16.2. The maximum Gasteiger partial charge on any atom is 0.251 e. The Balaban J connectivity index is 1.86. The first kappa shape index (κ1) is 21.0. The molecule has 148 valence electrons. The summed E-state index contributed by atoms with van der Waals surface area (Å²) in [6.45, 7) is 5.08. The van der Waals surface area contributed by atoms with Crippen LogP contribution in [0.4, 0.5) is 11.4 Å². The highest BCUT2D eigenvalue weighted by Crippen LogP contribution is 2.12. The Bertz CT molecular complexity index is 819. The fraction of sp³-hybridized carbons (Fsp3) is 0.286. The van der Waals surface area contributed by atoms with E-state index in [1.165, 1.54) is 0 Å². The molecule has 0 heterocycles. The van der Waals surface area contributed by atoms with Crippen LogP contribution in [0.3, 0.4) is 0 Å². The van der Waals surface area contributed by atoms with E-state index in [2.05, 4.69) is 21.3 Å². The summed E-state index contributed by atoms with van der Waals surface area (Å²) < 4.78 is 0. The predicted molar refractivity (Wildman–Crippen MR) is 111 cm³/mol. The van der Waals surface area contributed by atoms with Gasteiger partial charge in [0.1, 0.15) is 0 Å². The standard InChI is InChI=1S/C21H26N4O3/c1-3-12-23-20(27)15-8-10-17(11-9-15)25-19(26)14-24-18-7-5-6-16(13-18)21(28)22-4-2/h5-11,13,24H,3-4,12,14H2,1-2H3,(H,22,28)(H,23,27)(H,25,26). The van der Waals surface area contributed by atoms with Crippen LogP contribution in [0.1, 0.15) is 41.0 Å². The van der Waals surface area contributed by atoms with Gasteiger partial charge < -0.3 is 21.3 Å². The van der Waals surface area contributed by atoms with E-state index < -0.39 is 0 Å². The van der Waals surface area contributed by atoms with Gasteiger partial charge in [-0.15, -0.1) is 0 Å². The molecule has 0 fully saturated rings. The lowest BCUT2D eigenvalue weighted by Crippen LogP contribution is -2.24. The van der Waals surface area contributed by atoms with Crippen LogP contribution in [-0.4, -0.2) is 37.4 Å². The molecule has 28 heavy (non-hydrogen) atoms. The molecule has 0 aliphatic rings. The van der Waals surface area contributed by atoms with Crippen molar-refractivity contribution in [2.75, 3.05) is 30.3 Å². The van der Waals surface area contributed by atoms with Crippen LogP contribution in [0, 0.1) is 0 Å². The van der Waals surface area contributed by atoms with Gasteiger partial charge in [-0.05, 0) is 55.8 Å². The Morgan fingerprint density at radius 2 is 1.54 bits per heavy atom. The van der Waals surface area contributed by atoms with Gasteiger partial charge in [-0.3, -0.25) is 14.4 Å². The quantitative estimate of drug-likeness (QED) is 0.536. The van der Waals surface area contributed by atoms with Gasteiger partial charge in [0.2, 0.25) is 5.91 Å². The minimum Gasteiger partial charge on any atom is -0.376 e. The van der Waals surface area contributed by atoms with Crippen LogP contribution in [-0.2, 0) is 4.79 Å². The van der Waals surface area contributed by atoms with Crippen molar-refractivity contribution < 1.29 is 14.4 Å². The number of benzene rings is 2. The summed E-state index contributed by atoms with van der Waals surface area (Å²) in [5, 5.41) is 11.3. The van der Waals surface area contributed by atoms with Crippen molar-refractivity contribution in [3.63, 3.8) is 0 Å². The van der Waals surface area contributed by atoms with Crippen LogP contribution in [0.2, 0.25) is 0 Å². The van der Waals surface area contributed by atoms with Crippen molar-refractivity contribution in [1.82, 2.24) is 10.6 Å². The van der Waals surface area contributed by atoms with Crippen molar-refractivity contribution in [3.8, 4) is 0 Å². The molecule has 0 bridgehead atoms. The molecule has 0 atom stereocenters. The number of carbonyl (C=O) groups excluding carboxylic acids is 3. The minimum atomic E-state index is -0.230. The van der Waals surface area contributed by atoms with Crippen molar-refractivity contribution in [2.45, 2.75) is 20.3 Å². The second-order valence-electron chi connectivity index (χ2n) is 6.18. The molecular formula is C21H26N4O3. The molecular weight excluding hydrogens is 356 g/mol. The lowest BCUT2D eigenvalue weighted by Gasteiger charge is -2.10. The van der Waals surface area contributed by atoms with Crippen molar-refractivity contribution >= 4 is 29.1 Å². The van der Waals surface area contributed by atoms with Crippen molar-refractivity contribution in [3.05, 3.63) is 59.7 Å². The maximum atomic E-state index is 12.1. The second kappa shape index (κ2) is 10.7. The Morgan fingerprint density at radius 3 is 2.21 bits per heavy atom. The molecule has 7 heteroatoms. The van der Waals surface area contributed by atoms with E-state index in [1.807, 2.05) is 13.8 Å². The van der Waals surface area contributed by atoms with E-state index >= 15 is 0 Å². The second-order valence-corrected chi connectivity index (χ2v) is 6.18. The number of amides is 3. The first-order valence-corrected chi connectivity index (χ1v) is 9.33. The summed E-state index contributed by atoms with van der Waals surface area (Å²) in [7, 11) is 0. The third kappa shape index (κ3) is 6.42. The number of hydrogen-bond donors (Lipinski definition) is 4. The minimum absolute atomic E-state index is 0.0532. The maximum absolute atomic E-state index is 12.1. The normalized spacial score (nSPS) is 10.1. The van der Waals surface area contributed by atoms with E-state index in [1.54, 1.807) is 48.5 Å². The van der Waals surface area contributed by atoms with E-state index in [0.29, 0.717) is 35.6 Å². The third-order valence-electron chi connectivity index (χ3n) is 3.88. The molecule has 0 aliphatic heterocycles. The zero-order chi connectivity index (χ0) is 20.4. The van der Waals surface area contributed by atoms with E-state index in [0.717, 1.165) is 6.42 Å². The monoisotopic (exact) mass is 382 g/mol. The lowest BCUT2D eigenvalue weighted by molar-refractivity contribution is -0.114. The summed E-state index contributed by atoms with van der Waals surface area (Å²) in [6.07, 6.45) is 0.874. The Kier molecular flexibility index (Phi) is 8.02. The zero-order valence-corrected chi connectivity index (χ0v) is 16.2. The van der Waals surface area contributed by atoms with Gasteiger partial charge in [-0.1, -0.05) is 13.0 Å². The van der Waals surface area contributed by atoms with Crippen LogP contribution < -0.4 is 21.3 Å². The van der Waals surface area contributed by atoms with E-state index in [4.69, 9.17) is 0 Å². The molecule has 0 spiro atoms. The summed E-state index contributed by atoms with van der Waals surface area (Å²) in [4.78, 5) is 35.9. The van der Waals surface area contributed by atoms with Crippen LogP contribution in [0.25, 0.3) is 0 Å². The average Bonchev–Trinajstić information content (AvgIpc) is 2.71. The van der Waals surface area contributed by atoms with Gasteiger partial charge in [0.05, 0.1) is 6.54 Å². The molecule has 0 aliphatic carbocycles. The first-order valence-electron chi connectivity index (χ1n) is 9.33. The van der Waals surface area contributed by atoms with Crippen molar-refractivity contribution in [1.29, 1.82) is 0 Å². The van der Waals surface area contributed by atoms with Crippen molar-refractivity contribution in [2.24, 2.45) is 0 Å². The Morgan fingerprint density at radius 1 is 0.821 bits per heavy atom. The predicted octanol–water partition coefficient (Wildman–Crippen LogP) is 2.63. The van der Waals surface area contributed by atoms with Gasteiger partial charge in [-0.25, -0.2) is 0 Å². The van der Waals surface area contributed by atoms with Gasteiger partial charge in [-0.2, -0.15) is 0 Å². The largest absolute Gasteiger partial charge is 0.376 e. The van der Waals surface area contributed by atoms with Gasteiger partial charge >= 0.3 is 0 Å². The highest BCUT2D eigenvalue weighted by atomic mass is 16.2.